The molecule has 0 amide bonds. The Kier molecular flexibility index (Phi) is 3.49. The van der Waals surface area contributed by atoms with Crippen molar-refractivity contribution in [1.29, 1.82) is 0 Å². The number of hydrogen-bond donors (Lipinski definition) is 2. The van der Waals surface area contributed by atoms with Gasteiger partial charge in [-0.05, 0) is 42.4 Å². The van der Waals surface area contributed by atoms with Crippen LogP contribution in [0.1, 0.15) is 30.9 Å². The van der Waals surface area contributed by atoms with E-state index in [4.69, 9.17) is 5.11 Å². The second kappa shape index (κ2) is 4.64. The monoisotopic (exact) mass is 269 g/mol. The summed E-state index contributed by atoms with van der Waals surface area (Å²) < 4.78 is 27.1. The Morgan fingerprint density at radius 1 is 1.39 bits per heavy atom. The fourth-order valence-corrected chi connectivity index (χ4v) is 3.35. The van der Waals surface area contributed by atoms with Gasteiger partial charge in [-0.2, -0.15) is 0 Å². The van der Waals surface area contributed by atoms with E-state index in [9.17, 15) is 8.42 Å². The Hall–Kier alpha value is -0.910. The van der Waals surface area contributed by atoms with Crippen LogP contribution in [0.5, 0.6) is 0 Å². The Morgan fingerprint density at radius 2 is 2.06 bits per heavy atom. The summed E-state index contributed by atoms with van der Waals surface area (Å²) in [7, 11) is -3.48. The highest BCUT2D eigenvalue weighted by molar-refractivity contribution is 7.89. The van der Waals surface area contributed by atoms with E-state index in [2.05, 4.69) is 11.6 Å². The van der Waals surface area contributed by atoms with Crippen molar-refractivity contribution in [2.75, 3.05) is 6.54 Å². The van der Waals surface area contributed by atoms with Gasteiger partial charge < -0.3 is 5.11 Å². The first-order valence-corrected chi connectivity index (χ1v) is 7.55. The smallest absolute Gasteiger partial charge is 0.240 e. The second-order valence-electron chi connectivity index (χ2n) is 5.33. The maximum Gasteiger partial charge on any atom is 0.240 e. The van der Waals surface area contributed by atoms with Crippen LogP contribution in [0.3, 0.4) is 0 Å². The summed E-state index contributed by atoms with van der Waals surface area (Å²) in [5.41, 5.74) is 1.40. The zero-order chi connectivity index (χ0) is 13.4. The highest BCUT2D eigenvalue weighted by Crippen LogP contribution is 2.44. The van der Waals surface area contributed by atoms with Crippen molar-refractivity contribution in [1.82, 2.24) is 4.72 Å². The summed E-state index contributed by atoms with van der Waals surface area (Å²) >= 11 is 0. The predicted octanol–water partition coefficient (Wildman–Crippen LogP) is 1.57. The van der Waals surface area contributed by atoms with Crippen LogP contribution in [-0.2, 0) is 16.6 Å². The quantitative estimate of drug-likeness (QED) is 0.852. The third-order valence-corrected chi connectivity index (χ3v) is 5.19. The minimum absolute atomic E-state index is 0.134. The first kappa shape index (κ1) is 13.5. The lowest BCUT2D eigenvalue weighted by molar-refractivity contribution is 0.280. The molecule has 2 N–H and O–H groups in total. The number of rotatable bonds is 5. The molecule has 1 aromatic rings. The third kappa shape index (κ3) is 2.74. The van der Waals surface area contributed by atoms with Gasteiger partial charge in [-0.3, -0.25) is 0 Å². The van der Waals surface area contributed by atoms with Gasteiger partial charge in [0.15, 0.2) is 0 Å². The molecule has 1 aliphatic carbocycles. The van der Waals surface area contributed by atoms with Crippen LogP contribution < -0.4 is 4.72 Å². The van der Waals surface area contributed by atoms with Gasteiger partial charge in [-0.25, -0.2) is 13.1 Å². The summed E-state index contributed by atoms with van der Waals surface area (Å²) in [6.45, 7) is 4.14. The second-order valence-corrected chi connectivity index (χ2v) is 7.07. The summed E-state index contributed by atoms with van der Waals surface area (Å²) in [5, 5.41) is 9.16. The number of aliphatic hydroxyl groups excluding tert-OH is 1. The normalized spacial score (nSPS) is 17.7. The molecule has 0 bridgehead atoms. The van der Waals surface area contributed by atoms with E-state index in [-0.39, 0.29) is 16.9 Å². The van der Waals surface area contributed by atoms with Gasteiger partial charge >= 0.3 is 0 Å². The molecule has 5 heteroatoms. The molecule has 18 heavy (non-hydrogen) atoms. The Morgan fingerprint density at radius 3 is 2.61 bits per heavy atom. The fraction of sp³-hybridized carbons (Fsp3) is 0.538. The first-order chi connectivity index (χ1) is 8.38. The minimum atomic E-state index is -3.48. The van der Waals surface area contributed by atoms with E-state index < -0.39 is 10.0 Å². The van der Waals surface area contributed by atoms with E-state index in [1.807, 2.05) is 0 Å². The molecule has 0 unspecified atom stereocenters. The number of sulfonamides is 1. The van der Waals surface area contributed by atoms with Crippen molar-refractivity contribution in [2.24, 2.45) is 5.41 Å². The van der Waals surface area contributed by atoms with Crippen LogP contribution in [-0.4, -0.2) is 20.1 Å². The summed E-state index contributed by atoms with van der Waals surface area (Å²) in [4.78, 5) is 0.262. The molecule has 0 aromatic heterocycles. The molecule has 0 atom stereocenters. The van der Waals surface area contributed by atoms with Crippen LogP contribution in [0.4, 0.5) is 0 Å². The lowest BCUT2D eigenvalue weighted by Crippen LogP contribution is -2.29. The lowest BCUT2D eigenvalue weighted by Gasteiger charge is -2.14. The highest BCUT2D eigenvalue weighted by Gasteiger charge is 2.38. The maximum atomic E-state index is 12.2. The molecule has 4 nitrogen and oxygen atoms in total. The molecular formula is C13H19NO3S. The van der Waals surface area contributed by atoms with Crippen LogP contribution in [0.25, 0.3) is 0 Å². The Balaban J connectivity index is 2.23. The SMILES string of the molecule is Cc1c(CO)cccc1S(=O)(=O)NCC1(C)CC1. The molecule has 0 aliphatic heterocycles. The largest absolute Gasteiger partial charge is 0.392 e. The van der Waals surface area contributed by atoms with Crippen LogP contribution >= 0.6 is 0 Å². The number of benzene rings is 1. The number of nitrogens with one attached hydrogen (secondary N) is 1. The number of hydrogen-bond acceptors (Lipinski definition) is 3. The molecule has 0 radical (unpaired) electrons. The molecule has 2 rings (SSSR count). The Bertz CT molecular complexity index is 547. The molecular weight excluding hydrogens is 250 g/mol. The average molecular weight is 269 g/mol. The van der Waals surface area contributed by atoms with Crippen LogP contribution in [0.15, 0.2) is 23.1 Å². The number of aliphatic hydroxyl groups is 1. The maximum absolute atomic E-state index is 12.2. The van der Waals surface area contributed by atoms with Crippen molar-refractivity contribution in [3.05, 3.63) is 29.3 Å². The predicted molar refractivity (Wildman–Crippen MR) is 69.6 cm³/mol. The van der Waals surface area contributed by atoms with Crippen LogP contribution in [0.2, 0.25) is 0 Å². The highest BCUT2D eigenvalue weighted by atomic mass is 32.2. The van der Waals surface area contributed by atoms with E-state index >= 15 is 0 Å². The Labute approximate surface area is 108 Å². The van der Waals surface area contributed by atoms with Gasteiger partial charge in [0.2, 0.25) is 10.0 Å². The van der Waals surface area contributed by atoms with Crippen LogP contribution in [0, 0.1) is 12.3 Å². The molecule has 100 valence electrons. The fourth-order valence-electron chi connectivity index (χ4n) is 1.86. The third-order valence-electron chi connectivity index (χ3n) is 3.65. The molecule has 0 saturated heterocycles. The van der Waals surface area contributed by atoms with Gasteiger partial charge in [0, 0.05) is 6.54 Å². The molecule has 1 aromatic carbocycles. The van der Waals surface area contributed by atoms with Crippen molar-refractivity contribution in [3.63, 3.8) is 0 Å². The summed E-state index contributed by atoms with van der Waals surface area (Å²) in [6, 6.07) is 4.97. The van der Waals surface area contributed by atoms with Crippen molar-refractivity contribution in [2.45, 2.75) is 38.2 Å². The molecule has 1 saturated carbocycles. The van der Waals surface area contributed by atoms with Crippen molar-refractivity contribution >= 4 is 10.0 Å². The standard InChI is InChI=1S/C13H19NO3S/c1-10-11(8-15)4-3-5-12(10)18(16,17)14-9-13(2)6-7-13/h3-5,14-15H,6-9H2,1-2H3. The summed E-state index contributed by atoms with van der Waals surface area (Å²) in [6.07, 6.45) is 2.15. The van der Waals surface area contributed by atoms with E-state index in [1.54, 1.807) is 25.1 Å². The zero-order valence-electron chi connectivity index (χ0n) is 10.7. The molecule has 0 heterocycles. The van der Waals surface area contributed by atoms with Crippen molar-refractivity contribution < 1.29 is 13.5 Å². The van der Waals surface area contributed by atoms with E-state index in [0.717, 1.165) is 12.8 Å². The van der Waals surface area contributed by atoms with Gasteiger partial charge in [0.1, 0.15) is 0 Å². The topological polar surface area (TPSA) is 66.4 Å². The van der Waals surface area contributed by atoms with Gasteiger partial charge in [0.25, 0.3) is 0 Å². The minimum Gasteiger partial charge on any atom is -0.392 e. The average Bonchev–Trinajstić information content (AvgIpc) is 3.06. The summed E-state index contributed by atoms with van der Waals surface area (Å²) in [5.74, 6) is 0. The van der Waals surface area contributed by atoms with Gasteiger partial charge in [-0.15, -0.1) is 0 Å². The zero-order valence-corrected chi connectivity index (χ0v) is 11.5. The van der Waals surface area contributed by atoms with Gasteiger partial charge in [-0.1, -0.05) is 19.1 Å². The first-order valence-electron chi connectivity index (χ1n) is 6.07. The van der Waals surface area contributed by atoms with Crippen molar-refractivity contribution in [3.8, 4) is 0 Å². The molecule has 0 spiro atoms. The molecule has 1 fully saturated rings. The lowest BCUT2D eigenvalue weighted by atomic mass is 10.1. The molecule has 1 aliphatic rings. The van der Waals surface area contributed by atoms with Gasteiger partial charge in [0.05, 0.1) is 11.5 Å². The van der Waals surface area contributed by atoms with E-state index in [0.29, 0.717) is 17.7 Å². The van der Waals surface area contributed by atoms with E-state index in [1.165, 1.54) is 0 Å².